The Morgan fingerprint density at radius 3 is 1.70 bits per heavy atom. The Labute approximate surface area is 130 Å². The molecule has 10 nitrogen and oxygen atoms in total. The summed E-state index contributed by atoms with van der Waals surface area (Å²) in [5.41, 5.74) is -2.74. The molecular formula is C13H19N3O7. The lowest BCUT2D eigenvalue weighted by Crippen LogP contribution is -2.54. The number of aliphatic hydroxyl groups is 1. The number of carbonyl (C=O) groups excluding carboxylic acids is 1. The molecule has 0 aliphatic carbocycles. The largest absolute Gasteiger partial charge is 0.481 e. The fraction of sp³-hybridized carbons (Fsp3) is 0.615. The molecule has 23 heavy (non-hydrogen) atoms. The topological polar surface area (TPSA) is 141 Å². The van der Waals surface area contributed by atoms with Crippen LogP contribution >= 0.6 is 0 Å². The summed E-state index contributed by atoms with van der Waals surface area (Å²) in [7, 11) is 0. The molecule has 0 radical (unpaired) electrons. The molecule has 2 N–H and O–H groups in total. The summed E-state index contributed by atoms with van der Waals surface area (Å²) in [5.74, 6) is -1.43. The maximum Gasteiger partial charge on any atom is 0.336 e. The van der Waals surface area contributed by atoms with Crippen LogP contribution in [0.5, 0.6) is 0 Å². The van der Waals surface area contributed by atoms with Crippen molar-refractivity contribution < 1.29 is 19.8 Å². The summed E-state index contributed by atoms with van der Waals surface area (Å²) >= 11 is 0. The van der Waals surface area contributed by atoms with Gasteiger partial charge in [-0.3, -0.25) is 9.59 Å². The van der Waals surface area contributed by atoms with Crippen molar-refractivity contribution in [2.24, 2.45) is 0 Å². The van der Waals surface area contributed by atoms with Crippen LogP contribution in [0.15, 0.2) is 14.4 Å². The first-order valence-corrected chi connectivity index (χ1v) is 7.06. The van der Waals surface area contributed by atoms with Gasteiger partial charge in [-0.25, -0.2) is 28.1 Å². The highest BCUT2D eigenvalue weighted by atomic mass is 16.4. The second-order valence-corrected chi connectivity index (χ2v) is 4.98. The quantitative estimate of drug-likeness (QED) is 0.534. The Morgan fingerprint density at radius 1 is 0.870 bits per heavy atom. The molecule has 0 fully saturated rings. The minimum Gasteiger partial charge on any atom is -0.481 e. The smallest absolute Gasteiger partial charge is 0.336 e. The number of rotatable bonds is 9. The van der Waals surface area contributed by atoms with E-state index in [2.05, 4.69) is 0 Å². The lowest BCUT2D eigenvalue weighted by molar-refractivity contribution is -0.137. The molecule has 0 aliphatic heterocycles. The van der Waals surface area contributed by atoms with E-state index in [4.69, 9.17) is 10.2 Å². The van der Waals surface area contributed by atoms with Crippen LogP contribution in [0, 0.1) is 0 Å². The minimum absolute atomic E-state index is 0.0632. The van der Waals surface area contributed by atoms with Crippen molar-refractivity contribution in [3.8, 4) is 0 Å². The zero-order valence-electron chi connectivity index (χ0n) is 12.7. The van der Waals surface area contributed by atoms with Crippen molar-refractivity contribution in [3.63, 3.8) is 0 Å². The van der Waals surface area contributed by atoms with Crippen LogP contribution in [0.2, 0.25) is 0 Å². The fourth-order valence-corrected chi connectivity index (χ4v) is 1.96. The number of carboxylic acids is 1. The van der Waals surface area contributed by atoms with Gasteiger partial charge in [-0.1, -0.05) is 0 Å². The van der Waals surface area contributed by atoms with Gasteiger partial charge in [0, 0.05) is 32.7 Å². The number of Topliss-reactive ketones (excluding diaryl/α,β-unsaturated/α-hetero) is 1. The molecule has 128 valence electrons. The molecule has 0 unspecified atom stereocenters. The van der Waals surface area contributed by atoms with Gasteiger partial charge in [0.2, 0.25) is 0 Å². The van der Waals surface area contributed by atoms with E-state index in [0.717, 1.165) is 9.13 Å². The SMILES string of the molecule is CC(=O)CCn1c(=O)n(CCCO)c(=O)n(CCC(=O)O)c1=O. The molecule has 0 saturated carbocycles. The number of aromatic nitrogens is 3. The average molecular weight is 329 g/mol. The van der Waals surface area contributed by atoms with E-state index in [1.807, 2.05) is 0 Å². The highest BCUT2D eigenvalue weighted by Gasteiger charge is 2.16. The van der Waals surface area contributed by atoms with Gasteiger partial charge in [0.05, 0.1) is 6.42 Å². The van der Waals surface area contributed by atoms with Crippen LogP contribution in [0.4, 0.5) is 0 Å². The van der Waals surface area contributed by atoms with Crippen LogP contribution in [-0.2, 0) is 29.2 Å². The van der Waals surface area contributed by atoms with Gasteiger partial charge in [0.1, 0.15) is 5.78 Å². The Kier molecular flexibility index (Phi) is 6.64. The maximum atomic E-state index is 12.2. The first-order valence-electron chi connectivity index (χ1n) is 7.06. The first-order chi connectivity index (χ1) is 10.8. The van der Waals surface area contributed by atoms with E-state index in [1.165, 1.54) is 6.92 Å². The normalized spacial score (nSPS) is 10.7. The van der Waals surface area contributed by atoms with Gasteiger partial charge in [0.15, 0.2) is 0 Å². The van der Waals surface area contributed by atoms with Crippen LogP contribution in [0.3, 0.4) is 0 Å². The highest BCUT2D eigenvalue weighted by Crippen LogP contribution is 1.88. The van der Waals surface area contributed by atoms with Gasteiger partial charge in [-0.15, -0.1) is 0 Å². The number of carbonyl (C=O) groups is 2. The Balaban J connectivity index is 3.43. The molecule has 1 aromatic heterocycles. The number of hydrogen-bond donors (Lipinski definition) is 2. The van der Waals surface area contributed by atoms with Gasteiger partial charge < -0.3 is 10.2 Å². The predicted octanol–water partition coefficient (Wildman–Crippen LogP) is -1.99. The van der Waals surface area contributed by atoms with Gasteiger partial charge in [0.25, 0.3) is 0 Å². The van der Waals surface area contributed by atoms with Crippen molar-refractivity contribution in [1.29, 1.82) is 0 Å². The van der Waals surface area contributed by atoms with Crippen molar-refractivity contribution in [2.75, 3.05) is 6.61 Å². The fourth-order valence-electron chi connectivity index (χ4n) is 1.96. The predicted molar refractivity (Wildman–Crippen MR) is 78.5 cm³/mol. The van der Waals surface area contributed by atoms with Crippen molar-refractivity contribution >= 4 is 11.8 Å². The Morgan fingerprint density at radius 2 is 1.30 bits per heavy atom. The Bertz CT molecular complexity index is 700. The number of ketones is 1. The molecule has 0 amide bonds. The van der Waals surface area contributed by atoms with Crippen LogP contribution in [-0.4, -0.2) is 42.3 Å². The molecule has 1 heterocycles. The number of aliphatic hydroxyl groups excluding tert-OH is 1. The molecule has 10 heteroatoms. The molecule has 0 aromatic carbocycles. The molecule has 0 bridgehead atoms. The third kappa shape index (κ3) is 4.74. The van der Waals surface area contributed by atoms with Gasteiger partial charge >= 0.3 is 23.0 Å². The van der Waals surface area contributed by atoms with E-state index in [9.17, 15) is 24.0 Å². The summed E-state index contributed by atoms with van der Waals surface area (Å²) in [6, 6.07) is 0. The van der Waals surface area contributed by atoms with Gasteiger partial charge in [-0.2, -0.15) is 0 Å². The van der Waals surface area contributed by atoms with Crippen LogP contribution < -0.4 is 17.1 Å². The highest BCUT2D eigenvalue weighted by molar-refractivity contribution is 5.75. The number of aliphatic carboxylic acids is 1. The molecule has 0 aliphatic rings. The second kappa shape index (κ2) is 8.22. The molecule has 0 atom stereocenters. The maximum absolute atomic E-state index is 12.2. The molecule has 0 saturated heterocycles. The molecular weight excluding hydrogens is 310 g/mol. The van der Waals surface area contributed by atoms with E-state index in [1.54, 1.807) is 0 Å². The van der Waals surface area contributed by atoms with Crippen molar-refractivity contribution in [1.82, 2.24) is 13.7 Å². The number of hydrogen-bond acceptors (Lipinski definition) is 6. The van der Waals surface area contributed by atoms with E-state index in [0.29, 0.717) is 4.57 Å². The molecule has 1 aromatic rings. The second-order valence-electron chi connectivity index (χ2n) is 4.98. The summed E-state index contributed by atoms with van der Waals surface area (Å²) in [6.07, 6.45) is -0.397. The lowest BCUT2D eigenvalue weighted by atomic mass is 10.3. The summed E-state index contributed by atoms with van der Waals surface area (Å²) in [5, 5.41) is 17.5. The van der Waals surface area contributed by atoms with Crippen molar-refractivity contribution in [2.45, 2.75) is 45.8 Å². The Hall–Kier alpha value is -2.49. The van der Waals surface area contributed by atoms with Crippen LogP contribution in [0.25, 0.3) is 0 Å². The van der Waals surface area contributed by atoms with Gasteiger partial charge in [-0.05, 0) is 13.3 Å². The summed E-state index contributed by atoms with van der Waals surface area (Å²) < 4.78 is 2.16. The zero-order valence-corrected chi connectivity index (χ0v) is 12.7. The third-order valence-corrected chi connectivity index (χ3v) is 3.16. The van der Waals surface area contributed by atoms with E-state index in [-0.39, 0.29) is 44.9 Å². The minimum atomic E-state index is -1.19. The molecule has 1 rings (SSSR count). The average Bonchev–Trinajstić information content (AvgIpc) is 2.46. The lowest BCUT2D eigenvalue weighted by Gasteiger charge is -2.12. The summed E-state index contributed by atoms with van der Waals surface area (Å²) in [4.78, 5) is 58.3. The number of carboxylic acid groups (broad SMARTS) is 1. The first kappa shape index (κ1) is 18.6. The standard InChI is InChI=1S/C13H19N3O7/c1-9(18)3-6-15-11(21)14(5-2-8-17)12(22)16(13(15)23)7-4-10(19)20/h17H,2-8H2,1H3,(H,19,20). The van der Waals surface area contributed by atoms with Crippen molar-refractivity contribution in [3.05, 3.63) is 31.5 Å². The number of nitrogens with zero attached hydrogens (tertiary/aromatic N) is 3. The van der Waals surface area contributed by atoms with E-state index < -0.39 is 29.5 Å². The third-order valence-electron chi connectivity index (χ3n) is 3.16. The zero-order chi connectivity index (χ0) is 17.6. The monoisotopic (exact) mass is 329 g/mol. The van der Waals surface area contributed by atoms with Crippen LogP contribution in [0.1, 0.15) is 26.2 Å². The molecule has 0 spiro atoms. The summed E-state index contributed by atoms with van der Waals surface area (Å²) in [6.45, 7) is 0.358. The van der Waals surface area contributed by atoms with E-state index >= 15 is 0 Å².